The number of fused-ring (bicyclic) bond motifs is 1. The lowest BCUT2D eigenvalue weighted by atomic mass is 10.0. The SMILES string of the molecule is CC(=O)Nc1cc2nc(-c3ccnc(C(=O)N4CCN(C(c5ccccc5)c5nnn(C)n5)CC4)c3)oc2s1. The van der Waals surface area contributed by atoms with E-state index in [1.165, 1.54) is 23.1 Å². The third-order valence-electron chi connectivity index (χ3n) is 6.47. The van der Waals surface area contributed by atoms with Crippen LogP contribution in [0.2, 0.25) is 0 Å². The third kappa shape index (κ3) is 5.13. The number of carbonyl (C=O) groups excluding carboxylic acids is 2. The fourth-order valence-corrected chi connectivity index (χ4v) is 5.58. The van der Waals surface area contributed by atoms with E-state index in [0.29, 0.717) is 64.6 Å². The van der Waals surface area contributed by atoms with Crippen molar-refractivity contribution in [1.29, 1.82) is 0 Å². The Hall–Kier alpha value is -4.49. The maximum Gasteiger partial charge on any atom is 0.272 e. The number of piperazine rings is 1. The Morgan fingerprint density at radius 3 is 2.56 bits per heavy atom. The Kier molecular flexibility index (Phi) is 6.59. The smallest absolute Gasteiger partial charge is 0.272 e. The van der Waals surface area contributed by atoms with Gasteiger partial charge in [-0.05, 0) is 22.9 Å². The van der Waals surface area contributed by atoms with Crippen LogP contribution in [0.5, 0.6) is 0 Å². The normalized spacial score (nSPS) is 15.0. The molecule has 5 aromatic rings. The van der Waals surface area contributed by atoms with Crippen molar-refractivity contribution in [1.82, 2.24) is 40.0 Å². The van der Waals surface area contributed by atoms with Gasteiger partial charge in [0.25, 0.3) is 5.91 Å². The van der Waals surface area contributed by atoms with E-state index in [1.807, 2.05) is 23.1 Å². The molecule has 6 rings (SSSR count). The van der Waals surface area contributed by atoms with Crippen LogP contribution in [0.4, 0.5) is 5.00 Å². The summed E-state index contributed by atoms with van der Waals surface area (Å²) in [7, 11) is 1.75. The van der Waals surface area contributed by atoms with Crippen LogP contribution in [0.3, 0.4) is 0 Å². The van der Waals surface area contributed by atoms with Gasteiger partial charge in [0.1, 0.15) is 16.2 Å². The summed E-state index contributed by atoms with van der Waals surface area (Å²) >= 11 is 1.30. The minimum Gasteiger partial charge on any atom is -0.425 e. The number of thiophene rings is 1. The molecule has 0 aliphatic carbocycles. The summed E-state index contributed by atoms with van der Waals surface area (Å²) in [6.45, 7) is 3.82. The summed E-state index contributed by atoms with van der Waals surface area (Å²) < 4.78 is 5.90. The van der Waals surface area contributed by atoms with E-state index in [0.717, 1.165) is 5.56 Å². The zero-order valence-corrected chi connectivity index (χ0v) is 22.1. The van der Waals surface area contributed by atoms with Crippen LogP contribution < -0.4 is 5.32 Å². The van der Waals surface area contributed by atoms with E-state index >= 15 is 0 Å². The molecule has 198 valence electrons. The second-order valence-corrected chi connectivity index (χ2v) is 10.2. The standard InChI is InChI=1S/C26H25N9O3S/c1-16(36)28-21-15-20-26(39-21)38-24(29-20)18-8-9-27-19(14-18)25(37)35-12-10-34(11-13-35)22(17-6-4-3-5-7-17)23-30-32-33(2)31-23/h3-9,14-15,22H,10-13H2,1-2H3,(H,28,36). The van der Waals surface area contributed by atoms with Gasteiger partial charge in [-0.3, -0.25) is 19.5 Å². The van der Waals surface area contributed by atoms with E-state index in [1.54, 1.807) is 31.4 Å². The van der Waals surface area contributed by atoms with E-state index in [-0.39, 0.29) is 17.9 Å². The fourth-order valence-electron chi connectivity index (χ4n) is 4.69. The summed E-state index contributed by atoms with van der Waals surface area (Å²) in [6, 6.07) is 15.2. The molecule has 0 spiro atoms. The first kappa shape index (κ1) is 24.8. The molecular formula is C26H25N9O3S. The Labute approximate surface area is 227 Å². The van der Waals surface area contributed by atoms with Crippen molar-refractivity contribution in [3.8, 4) is 11.5 Å². The molecule has 1 atom stereocenters. The monoisotopic (exact) mass is 543 g/mol. The van der Waals surface area contributed by atoms with E-state index in [4.69, 9.17) is 4.42 Å². The van der Waals surface area contributed by atoms with Crippen molar-refractivity contribution in [3.05, 3.63) is 71.8 Å². The second-order valence-electron chi connectivity index (χ2n) is 9.19. The number of amides is 2. The Bertz CT molecular complexity index is 1610. The zero-order chi connectivity index (χ0) is 26.9. The van der Waals surface area contributed by atoms with Gasteiger partial charge in [-0.15, -0.1) is 10.2 Å². The number of aromatic nitrogens is 6. The van der Waals surface area contributed by atoms with Gasteiger partial charge >= 0.3 is 0 Å². The number of pyridine rings is 1. The number of oxazole rings is 1. The average Bonchev–Trinajstić information content (AvgIpc) is 3.64. The molecule has 13 heteroatoms. The Morgan fingerprint density at radius 1 is 1.08 bits per heavy atom. The van der Waals surface area contributed by atoms with Crippen molar-refractivity contribution >= 4 is 38.6 Å². The van der Waals surface area contributed by atoms with Gasteiger partial charge in [0.15, 0.2) is 5.82 Å². The zero-order valence-electron chi connectivity index (χ0n) is 21.3. The van der Waals surface area contributed by atoms with Crippen molar-refractivity contribution < 1.29 is 14.0 Å². The van der Waals surface area contributed by atoms with E-state index < -0.39 is 0 Å². The number of hydrogen-bond donors (Lipinski definition) is 1. The van der Waals surface area contributed by atoms with Gasteiger partial charge in [-0.1, -0.05) is 41.7 Å². The lowest BCUT2D eigenvalue weighted by Crippen LogP contribution is -2.50. The van der Waals surface area contributed by atoms with Crippen molar-refractivity contribution in [2.75, 3.05) is 31.5 Å². The average molecular weight is 544 g/mol. The lowest BCUT2D eigenvalue weighted by molar-refractivity contribution is -0.114. The first-order valence-electron chi connectivity index (χ1n) is 12.4. The molecule has 39 heavy (non-hydrogen) atoms. The molecule has 12 nitrogen and oxygen atoms in total. The van der Waals surface area contributed by atoms with E-state index in [9.17, 15) is 9.59 Å². The first-order chi connectivity index (χ1) is 18.9. The molecule has 1 aliphatic rings. The highest BCUT2D eigenvalue weighted by molar-refractivity contribution is 7.22. The maximum atomic E-state index is 13.4. The lowest BCUT2D eigenvalue weighted by Gasteiger charge is -2.38. The number of rotatable bonds is 6. The first-order valence-corrected chi connectivity index (χ1v) is 13.2. The molecule has 1 unspecified atom stereocenters. The summed E-state index contributed by atoms with van der Waals surface area (Å²) in [4.78, 5) is 39.7. The van der Waals surface area contributed by atoms with Crippen LogP contribution in [-0.2, 0) is 11.8 Å². The van der Waals surface area contributed by atoms with Crippen molar-refractivity contribution in [3.63, 3.8) is 0 Å². The number of aryl methyl sites for hydroxylation is 1. The molecule has 0 bridgehead atoms. The van der Waals surface area contributed by atoms with Gasteiger partial charge in [0.05, 0.1) is 13.1 Å². The molecule has 1 fully saturated rings. The van der Waals surface area contributed by atoms with E-state index in [2.05, 4.69) is 47.7 Å². The predicted octanol–water partition coefficient (Wildman–Crippen LogP) is 2.98. The molecule has 5 heterocycles. The Balaban J connectivity index is 1.16. The van der Waals surface area contributed by atoms with Gasteiger partial charge in [-0.2, -0.15) is 4.80 Å². The second kappa shape index (κ2) is 10.3. The van der Waals surface area contributed by atoms with Gasteiger partial charge < -0.3 is 14.6 Å². The van der Waals surface area contributed by atoms with Crippen LogP contribution in [0, 0.1) is 0 Å². The molecule has 2 amide bonds. The summed E-state index contributed by atoms with van der Waals surface area (Å²) in [6.07, 6.45) is 1.59. The highest BCUT2D eigenvalue weighted by Gasteiger charge is 2.31. The number of hydrogen-bond acceptors (Lipinski definition) is 10. The van der Waals surface area contributed by atoms with Crippen LogP contribution in [-0.4, -0.2) is 78.0 Å². The minimum atomic E-state index is -0.154. The summed E-state index contributed by atoms with van der Waals surface area (Å²) in [5.41, 5.74) is 2.71. The van der Waals surface area contributed by atoms with Gasteiger partial charge in [-0.25, -0.2) is 4.98 Å². The number of anilines is 1. The van der Waals surface area contributed by atoms with Crippen LogP contribution >= 0.6 is 11.3 Å². The molecule has 4 aromatic heterocycles. The molecule has 0 radical (unpaired) electrons. The van der Waals surface area contributed by atoms with Crippen LogP contribution in [0.1, 0.15) is 34.8 Å². The number of carbonyl (C=O) groups is 2. The quantitative estimate of drug-likeness (QED) is 0.343. The number of benzene rings is 1. The molecule has 0 saturated carbocycles. The Morgan fingerprint density at radius 2 is 1.87 bits per heavy atom. The number of nitrogens with zero attached hydrogens (tertiary/aromatic N) is 8. The highest BCUT2D eigenvalue weighted by Crippen LogP contribution is 2.33. The molecule has 1 aromatic carbocycles. The van der Waals surface area contributed by atoms with Crippen LogP contribution in [0.25, 0.3) is 21.9 Å². The van der Waals surface area contributed by atoms with Crippen molar-refractivity contribution in [2.24, 2.45) is 7.05 Å². The summed E-state index contributed by atoms with van der Waals surface area (Å²) in [5, 5.41) is 16.2. The number of tetrazole rings is 1. The topological polar surface area (TPSA) is 135 Å². The molecule has 1 aliphatic heterocycles. The third-order valence-corrected chi connectivity index (χ3v) is 7.38. The van der Waals surface area contributed by atoms with Gasteiger partial charge in [0, 0.05) is 50.9 Å². The highest BCUT2D eigenvalue weighted by atomic mass is 32.1. The molecular weight excluding hydrogens is 518 g/mol. The van der Waals surface area contributed by atoms with Gasteiger partial charge in [0.2, 0.25) is 16.7 Å². The largest absolute Gasteiger partial charge is 0.425 e. The fraction of sp³-hybridized carbons (Fsp3) is 0.269. The van der Waals surface area contributed by atoms with Crippen LogP contribution in [0.15, 0.2) is 59.1 Å². The minimum absolute atomic E-state index is 0.147. The molecule has 1 N–H and O–H groups in total. The summed E-state index contributed by atoms with van der Waals surface area (Å²) in [5.74, 6) is 0.729. The number of nitrogens with one attached hydrogen (secondary N) is 1. The van der Waals surface area contributed by atoms with Crippen molar-refractivity contribution in [2.45, 2.75) is 13.0 Å². The predicted molar refractivity (Wildman–Crippen MR) is 144 cm³/mol. The molecule has 1 saturated heterocycles. The maximum absolute atomic E-state index is 13.4.